The van der Waals surface area contributed by atoms with Gasteiger partial charge in [0.25, 0.3) is 0 Å². The van der Waals surface area contributed by atoms with E-state index in [9.17, 15) is 23.4 Å². The second-order valence-corrected chi connectivity index (χ2v) is 11.6. The van der Waals surface area contributed by atoms with E-state index >= 15 is 0 Å². The number of carboxylic acid groups (broad SMARTS) is 1. The Kier molecular flexibility index (Phi) is 9.55. The van der Waals surface area contributed by atoms with Crippen molar-refractivity contribution in [2.24, 2.45) is 4.36 Å². The number of β-amino-alcohol motifs (C(OH)–C–C–N with tert-alkyl or cyclic N) is 1. The van der Waals surface area contributed by atoms with Gasteiger partial charge in [-0.3, -0.25) is 0 Å². The number of nitrogens with zero attached hydrogens (tertiary/aromatic N) is 3. The van der Waals surface area contributed by atoms with E-state index in [0.29, 0.717) is 12.1 Å². The van der Waals surface area contributed by atoms with Gasteiger partial charge in [-0.15, -0.1) is 4.36 Å². The molecule has 1 aliphatic rings. The SMILES string of the molecule is CC(C)(CCn1c(CCN2CCCCC2)cc2cc(C(=O)O)ccc21)NCC(O)c1cccc(N=S(=O)=O)c1. The molecule has 39 heavy (non-hydrogen) atoms. The van der Waals surface area contributed by atoms with Crippen LogP contribution < -0.4 is 5.32 Å². The lowest BCUT2D eigenvalue weighted by molar-refractivity contribution is 0.0697. The maximum absolute atomic E-state index is 11.5. The Morgan fingerprint density at radius 1 is 1.08 bits per heavy atom. The first kappa shape index (κ1) is 28.9. The van der Waals surface area contributed by atoms with Crippen LogP contribution in [0.1, 0.15) is 67.3 Å². The van der Waals surface area contributed by atoms with Gasteiger partial charge in [0, 0.05) is 48.2 Å². The molecule has 0 bridgehead atoms. The van der Waals surface area contributed by atoms with Crippen LogP contribution in [0.3, 0.4) is 0 Å². The van der Waals surface area contributed by atoms with Crippen molar-refractivity contribution in [3.05, 3.63) is 65.4 Å². The van der Waals surface area contributed by atoms with Crippen molar-refractivity contribution in [3.8, 4) is 0 Å². The number of likely N-dealkylation sites (tertiary alicyclic amines) is 1. The van der Waals surface area contributed by atoms with Crippen LogP contribution in [0.2, 0.25) is 0 Å². The van der Waals surface area contributed by atoms with Gasteiger partial charge >= 0.3 is 16.5 Å². The summed E-state index contributed by atoms with van der Waals surface area (Å²) in [6.45, 7) is 8.48. The summed E-state index contributed by atoms with van der Waals surface area (Å²) in [6, 6.07) is 14.0. The van der Waals surface area contributed by atoms with E-state index in [2.05, 4.69) is 39.1 Å². The minimum atomic E-state index is -2.55. The monoisotopic (exact) mass is 554 g/mol. The Morgan fingerprint density at radius 3 is 2.56 bits per heavy atom. The second kappa shape index (κ2) is 12.9. The van der Waals surface area contributed by atoms with Gasteiger partial charge in [0.15, 0.2) is 0 Å². The van der Waals surface area contributed by atoms with Crippen LogP contribution in [0.15, 0.2) is 52.9 Å². The number of hydrogen-bond donors (Lipinski definition) is 3. The van der Waals surface area contributed by atoms with E-state index in [1.165, 1.54) is 25.0 Å². The lowest BCUT2D eigenvalue weighted by atomic mass is 9.99. The highest BCUT2D eigenvalue weighted by Gasteiger charge is 2.21. The highest BCUT2D eigenvalue weighted by atomic mass is 32.2. The van der Waals surface area contributed by atoms with Gasteiger partial charge in [-0.05, 0) is 88.2 Å². The van der Waals surface area contributed by atoms with Crippen molar-refractivity contribution in [2.75, 3.05) is 26.2 Å². The van der Waals surface area contributed by atoms with Gasteiger partial charge in [0.1, 0.15) is 0 Å². The number of hydrogen-bond acceptors (Lipinski definition) is 7. The zero-order valence-corrected chi connectivity index (χ0v) is 23.5. The van der Waals surface area contributed by atoms with Crippen LogP contribution in [0.5, 0.6) is 0 Å². The third-order valence-corrected chi connectivity index (χ3v) is 7.90. The molecule has 3 N–H and O–H groups in total. The maximum atomic E-state index is 11.5. The topological polar surface area (TPSA) is 124 Å². The zero-order valence-electron chi connectivity index (χ0n) is 22.6. The summed E-state index contributed by atoms with van der Waals surface area (Å²) in [7, 11) is -2.55. The summed E-state index contributed by atoms with van der Waals surface area (Å²) in [5.74, 6) is -0.927. The lowest BCUT2D eigenvalue weighted by Gasteiger charge is -2.29. The number of aliphatic hydroxyl groups is 1. The number of piperidine rings is 1. The number of aromatic carboxylic acids is 1. The molecule has 1 unspecified atom stereocenters. The van der Waals surface area contributed by atoms with Crippen LogP contribution in [0.25, 0.3) is 10.9 Å². The van der Waals surface area contributed by atoms with Crippen LogP contribution >= 0.6 is 0 Å². The van der Waals surface area contributed by atoms with Crippen molar-refractivity contribution >= 4 is 33.1 Å². The predicted molar refractivity (Wildman–Crippen MR) is 152 cm³/mol. The number of fused-ring (bicyclic) bond motifs is 1. The van der Waals surface area contributed by atoms with E-state index < -0.39 is 22.6 Å². The first-order valence-corrected chi connectivity index (χ1v) is 14.6. The van der Waals surface area contributed by atoms with Gasteiger partial charge in [0.05, 0.1) is 17.4 Å². The molecular weight excluding hydrogens is 516 g/mol. The smallest absolute Gasteiger partial charge is 0.335 e. The van der Waals surface area contributed by atoms with Crippen LogP contribution in [-0.2, 0) is 23.5 Å². The molecule has 4 rings (SSSR count). The third-order valence-electron chi connectivity index (χ3n) is 7.54. The molecule has 1 aromatic heterocycles. The minimum absolute atomic E-state index is 0.279. The Bertz CT molecular complexity index is 1430. The molecule has 0 amide bonds. The van der Waals surface area contributed by atoms with Crippen molar-refractivity contribution in [1.82, 2.24) is 14.8 Å². The van der Waals surface area contributed by atoms with Crippen molar-refractivity contribution in [2.45, 2.75) is 64.1 Å². The second-order valence-electron chi connectivity index (χ2n) is 11.0. The normalized spacial score (nSPS) is 15.4. The van der Waals surface area contributed by atoms with Crippen molar-refractivity contribution in [3.63, 3.8) is 0 Å². The molecule has 2 aromatic carbocycles. The van der Waals surface area contributed by atoms with Crippen LogP contribution in [0.4, 0.5) is 5.69 Å². The number of aliphatic hydroxyl groups excluding tert-OH is 1. The number of rotatable bonds is 12. The molecule has 0 aliphatic carbocycles. The molecule has 9 nitrogen and oxygen atoms in total. The molecule has 210 valence electrons. The average Bonchev–Trinajstić information content (AvgIpc) is 3.26. The number of carboxylic acids is 1. The molecule has 2 heterocycles. The summed E-state index contributed by atoms with van der Waals surface area (Å²) in [5, 5.41) is 24.6. The Labute approximate surface area is 231 Å². The quantitative estimate of drug-likeness (QED) is 0.300. The number of aryl methyl sites for hydroxylation is 1. The summed E-state index contributed by atoms with van der Waals surface area (Å²) in [6.07, 6.45) is 4.65. The molecule has 3 aromatic rings. The van der Waals surface area contributed by atoms with Gasteiger partial charge in [0.2, 0.25) is 0 Å². The Balaban J connectivity index is 1.45. The fourth-order valence-corrected chi connectivity index (χ4v) is 5.52. The lowest BCUT2D eigenvalue weighted by Crippen LogP contribution is -2.42. The molecular formula is C29H38N4O5S. The summed E-state index contributed by atoms with van der Waals surface area (Å²) >= 11 is 0. The minimum Gasteiger partial charge on any atom is -0.478 e. The first-order valence-electron chi connectivity index (χ1n) is 13.5. The third kappa shape index (κ3) is 7.98. The van der Waals surface area contributed by atoms with E-state index in [1.54, 1.807) is 36.4 Å². The summed E-state index contributed by atoms with van der Waals surface area (Å²) in [4.78, 5) is 14.1. The molecule has 1 fully saturated rings. The predicted octanol–water partition coefficient (Wildman–Crippen LogP) is 4.55. The van der Waals surface area contributed by atoms with Crippen molar-refractivity contribution < 1.29 is 23.4 Å². The molecule has 1 aliphatic heterocycles. The van der Waals surface area contributed by atoms with E-state index in [1.807, 2.05) is 6.07 Å². The van der Waals surface area contributed by atoms with Crippen LogP contribution in [0, 0.1) is 0 Å². The Morgan fingerprint density at radius 2 is 1.85 bits per heavy atom. The molecule has 1 saturated heterocycles. The van der Waals surface area contributed by atoms with E-state index in [-0.39, 0.29) is 16.8 Å². The first-order chi connectivity index (χ1) is 18.6. The van der Waals surface area contributed by atoms with Gasteiger partial charge in [-0.1, -0.05) is 18.6 Å². The van der Waals surface area contributed by atoms with Gasteiger partial charge in [-0.25, -0.2) is 4.79 Å². The number of nitrogens with one attached hydrogen (secondary N) is 1. The molecule has 1 atom stereocenters. The summed E-state index contributed by atoms with van der Waals surface area (Å²) in [5.41, 5.74) is 3.08. The largest absolute Gasteiger partial charge is 0.478 e. The summed E-state index contributed by atoms with van der Waals surface area (Å²) < 4.78 is 27.6. The number of aromatic nitrogens is 1. The number of benzene rings is 2. The van der Waals surface area contributed by atoms with E-state index in [4.69, 9.17) is 0 Å². The zero-order chi connectivity index (χ0) is 28.0. The standard InChI is InChI=1S/C29H38N4O5S/c1-29(2,30-20-27(34)21-7-6-8-24(18-21)31-39(37)38)12-16-33-25(11-15-32-13-4-3-5-14-32)19-23-17-22(28(35)36)9-10-26(23)33/h6-10,17-19,27,30,34H,3-5,11-16,20H2,1-2H3,(H,35,36). The fourth-order valence-electron chi connectivity index (χ4n) is 5.23. The van der Waals surface area contributed by atoms with Crippen LogP contribution in [-0.4, -0.2) is 65.8 Å². The van der Waals surface area contributed by atoms with Gasteiger partial charge < -0.3 is 25.0 Å². The maximum Gasteiger partial charge on any atom is 0.335 e. The molecule has 0 spiro atoms. The molecule has 0 radical (unpaired) electrons. The molecule has 10 heteroatoms. The van der Waals surface area contributed by atoms with Gasteiger partial charge in [-0.2, -0.15) is 8.42 Å². The average molecular weight is 555 g/mol. The highest BCUT2D eigenvalue weighted by Crippen LogP contribution is 2.25. The van der Waals surface area contributed by atoms with Crippen molar-refractivity contribution in [1.29, 1.82) is 0 Å². The molecule has 0 saturated carbocycles. The Hall–Kier alpha value is -3.05. The number of carbonyl (C=O) groups is 1. The highest BCUT2D eigenvalue weighted by molar-refractivity contribution is 7.61. The fraction of sp³-hybridized carbons (Fsp3) is 0.483. The van der Waals surface area contributed by atoms with E-state index in [0.717, 1.165) is 49.9 Å².